The van der Waals surface area contributed by atoms with Gasteiger partial charge in [-0.2, -0.15) is 8.42 Å². The van der Waals surface area contributed by atoms with Gasteiger partial charge in [0.2, 0.25) is 5.91 Å². The maximum absolute atomic E-state index is 12.9. The molecular weight excluding hydrogens is 277 g/mol. The van der Waals surface area contributed by atoms with E-state index in [1.54, 1.807) is 12.1 Å². The molecule has 98 valence electrons. The van der Waals surface area contributed by atoms with Crippen LogP contribution in [0, 0.1) is 0 Å². The highest BCUT2D eigenvalue weighted by atomic mass is 32.3. The lowest BCUT2D eigenvalue weighted by Crippen LogP contribution is -2.27. The van der Waals surface area contributed by atoms with Crippen LogP contribution in [0.2, 0.25) is 0 Å². The molecule has 1 aromatic carbocycles. The molecule has 1 saturated heterocycles. The van der Waals surface area contributed by atoms with E-state index in [0.717, 1.165) is 4.90 Å². The molecule has 1 amide bonds. The van der Waals surface area contributed by atoms with Crippen LogP contribution in [0.1, 0.15) is 6.42 Å². The number of halogens is 1. The Labute approximate surface area is 109 Å². The maximum Gasteiger partial charge on any atom is 0.307 e. The Morgan fingerprint density at radius 2 is 2.06 bits per heavy atom. The van der Waals surface area contributed by atoms with Gasteiger partial charge in [-0.15, -0.1) is 15.6 Å². The van der Waals surface area contributed by atoms with Gasteiger partial charge in [-0.25, -0.2) is 0 Å². The molecule has 7 heteroatoms. The molecule has 0 aromatic heterocycles. The first kappa shape index (κ1) is 13.4. The van der Waals surface area contributed by atoms with Gasteiger partial charge in [-0.3, -0.25) is 4.79 Å². The highest BCUT2D eigenvalue weighted by Crippen LogP contribution is 2.32. The van der Waals surface area contributed by atoms with Crippen molar-refractivity contribution in [3.63, 3.8) is 0 Å². The van der Waals surface area contributed by atoms with Gasteiger partial charge in [-0.1, -0.05) is 12.1 Å². The Kier molecular flexibility index (Phi) is 3.63. The molecule has 0 aliphatic carbocycles. The van der Waals surface area contributed by atoms with Gasteiger partial charge < -0.3 is 4.90 Å². The molecule has 1 atom stereocenters. The Morgan fingerprint density at radius 1 is 1.39 bits per heavy atom. The van der Waals surface area contributed by atoms with Crippen LogP contribution in [-0.2, 0) is 15.0 Å². The number of para-hydroxylation sites is 1. The standard InChI is InChI=1S/C11H12FNO3S2/c1-17-10-5-3-2-4-9(10)13-7-8(6-11(13)14)18(12,15)16/h2-5,8H,6-7H2,1H3. The van der Waals surface area contributed by atoms with Crippen LogP contribution in [0.5, 0.6) is 0 Å². The minimum Gasteiger partial charge on any atom is -0.310 e. The number of nitrogens with zero attached hydrogens (tertiary/aromatic N) is 1. The van der Waals surface area contributed by atoms with E-state index in [1.807, 2.05) is 18.4 Å². The topological polar surface area (TPSA) is 54.5 Å². The van der Waals surface area contributed by atoms with Crippen LogP contribution in [0.4, 0.5) is 9.57 Å². The summed E-state index contributed by atoms with van der Waals surface area (Å²) < 4.78 is 34.6. The molecule has 0 N–H and O–H groups in total. The second-order valence-electron chi connectivity index (χ2n) is 3.98. The number of rotatable bonds is 3. The summed E-state index contributed by atoms with van der Waals surface area (Å²) in [6, 6.07) is 7.17. The molecule has 1 fully saturated rings. The number of carbonyl (C=O) groups is 1. The number of amides is 1. The molecule has 18 heavy (non-hydrogen) atoms. The van der Waals surface area contributed by atoms with Crippen molar-refractivity contribution >= 4 is 33.6 Å². The summed E-state index contributed by atoms with van der Waals surface area (Å²) in [4.78, 5) is 14.0. The van der Waals surface area contributed by atoms with Gasteiger partial charge in [0, 0.05) is 17.9 Å². The van der Waals surface area contributed by atoms with Gasteiger partial charge in [0.15, 0.2) is 0 Å². The third-order valence-electron chi connectivity index (χ3n) is 2.86. The molecule has 0 radical (unpaired) electrons. The fourth-order valence-corrected chi connectivity index (χ4v) is 3.22. The molecule has 0 saturated carbocycles. The van der Waals surface area contributed by atoms with Crippen molar-refractivity contribution in [3.05, 3.63) is 24.3 Å². The maximum atomic E-state index is 12.9. The van der Waals surface area contributed by atoms with Crippen molar-refractivity contribution in [3.8, 4) is 0 Å². The summed E-state index contributed by atoms with van der Waals surface area (Å²) in [6.07, 6.45) is 1.57. The molecule has 4 nitrogen and oxygen atoms in total. The van der Waals surface area contributed by atoms with E-state index < -0.39 is 15.5 Å². The number of thioether (sulfide) groups is 1. The first-order valence-corrected chi connectivity index (χ1v) is 7.97. The normalized spacial score (nSPS) is 20.4. The Morgan fingerprint density at radius 3 is 2.61 bits per heavy atom. The fraction of sp³-hybridized carbons (Fsp3) is 0.364. The quantitative estimate of drug-likeness (QED) is 0.629. The molecule has 0 bridgehead atoms. The lowest BCUT2D eigenvalue weighted by Gasteiger charge is -2.18. The van der Waals surface area contributed by atoms with Crippen LogP contribution in [0.15, 0.2) is 29.2 Å². The summed E-state index contributed by atoms with van der Waals surface area (Å²) in [5.74, 6) is -0.359. The molecule has 1 aliphatic rings. The minimum atomic E-state index is -4.67. The van der Waals surface area contributed by atoms with Crippen LogP contribution in [0.25, 0.3) is 0 Å². The smallest absolute Gasteiger partial charge is 0.307 e. The Balaban J connectivity index is 2.33. The molecule has 1 aliphatic heterocycles. The predicted octanol–water partition coefficient (Wildman–Crippen LogP) is 1.81. The molecule has 1 aromatic rings. The zero-order chi connectivity index (χ0) is 13.3. The van der Waals surface area contributed by atoms with E-state index in [9.17, 15) is 17.1 Å². The van der Waals surface area contributed by atoms with Crippen LogP contribution < -0.4 is 4.90 Å². The Bertz CT molecular complexity index is 573. The third-order valence-corrected chi connectivity index (χ3v) is 4.76. The molecule has 0 spiro atoms. The SMILES string of the molecule is CSc1ccccc1N1CC(S(=O)(=O)F)CC1=O. The van der Waals surface area contributed by atoms with Gasteiger partial charge >= 0.3 is 10.2 Å². The van der Waals surface area contributed by atoms with Crippen molar-refractivity contribution in [2.45, 2.75) is 16.6 Å². The highest BCUT2D eigenvalue weighted by Gasteiger charge is 2.39. The van der Waals surface area contributed by atoms with E-state index in [1.165, 1.54) is 16.7 Å². The number of hydrogen-bond acceptors (Lipinski definition) is 4. The van der Waals surface area contributed by atoms with Crippen LogP contribution >= 0.6 is 11.8 Å². The number of anilines is 1. The number of benzene rings is 1. The average Bonchev–Trinajstić information content (AvgIpc) is 2.71. The average molecular weight is 289 g/mol. The summed E-state index contributed by atoms with van der Waals surface area (Å²) in [5, 5.41) is -1.25. The van der Waals surface area contributed by atoms with E-state index in [2.05, 4.69) is 0 Å². The van der Waals surface area contributed by atoms with Gasteiger partial charge in [0.1, 0.15) is 5.25 Å². The van der Waals surface area contributed by atoms with E-state index in [4.69, 9.17) is 0 Å². The number of carbonyl (C=O) groups excluding carboxylic acids is 1. The predicted molar refractivity (Wildman–Crippen MR) is 69.0 cm³/mol. The number of hydrogen-bond donors (Lipinski definition) is 0. The minimum absolute atomic E-state index is 0.116. The fourth-order valence-electron chi connectivity index (χ4n) is 1.95. The third kappa shape index (κ3) is 2.51. The highest BCUT2D eigenvalue weighted by molar-refractivity contribution is 7.98. The second kappa shape index (κ2) is 4.89. The zero-order valence-corrected chi connectivity index (χ0v) is 11.3. The van der Waals surface area contributed by atoms with E-state index in [0.29, 0.717) is 5.69 Å². The van der Waals surface area contributed by atoms with Gasteiger partial charge in [-0.05, 0) is 18.4 Å². The first-order chi connectivity index (χ1) is 8.43. The van der Waals surface area contributed by atoms with Crippen molar-refractivity contribution < 1.29 is 17.1 Å². The molecule has 2 rings (SSSR count). The second-order valence-corrected chi connectivity index (χ2v) is 6.44. The van der Waals surface area contributed by atoms with E-state index >= 15 is 0 Å². The summed E-state index contributed by atoms with van der Waals surface area (Å²) >= 11 is 1.46. The lowest BCUT2D eigenvalue weighted by molar-refractivity contribution is -0.117. The molecule has 1 unspecified atom stereocenters. The summed E-state index contributed by atoms with van der Waals surface area (Å²) in [6.45, 7) is -0.116. The summed E-state index contributed by atoms with van der Waals surface area (Å²) in [5.41, 5.74) is 0.640. The molecule has 1 heterocycles. The zero-order valence-electron chi connectivity index (χ0n) is 9.67. The van der Waals surface area contributed by atoms with E-state index in [-0.39, 0.29) is 18.9 Å². The molecular formula is C11H12FNO3S2. The lowest BCUT2D eigenvalue weighted by atomic mass is 10.3. The first-order valence-electron chi connectivity index (χ1n) is 5.30. The largest absolute Gasteiger partial charge is 0.310 e. The van der Waals surface area contributed by atoms with Crippen molar-refractivity contribution in [2.24, 2.45) is 0 Å². The van der Waals surface area contributed by atoms with Crippen molar-refractivity contribution in [1.82, 2.24) is 0 Å². The van der Waals surface area contributed by atoms with Crippen LogP contribution in [0.3, 0.4) is 0 Å². The van der Waals surface area contributed by atoms with Gasteiger partial charge in [0.05, 0.1) is 5.69 Å². The van der Waals surface area contributed by atoms with Crippen molar-refractivity contribution in [2.75, 3.05) is 17.7 Å². The van der Waals surface area contributed by atoms with Crippen molar-refractivity contribution in [1.29, 1.82) is 0 Å². The monoisotopic (exact) mass is 289 g/mol. The summed E-state index contributed by atoms with van der Waals surface area (Å²) in [7, 11) is -4.67. The Hall–Kier alpha value is -1.08. The van der Waals surface area contributed by atoms with Gasteiger partial charge in [0.25, 0.3) is 0 Å². The van der Waals surface area contributed by atoms with Crippen LogP contribution in [-0.4, -0.2) is 32.4 Å².